The predicted molar refractivity (Wildman–Crippen MR) is 181 cm³/mol. The topological polar surface area (TPSA) is 32.3 Å². The van der Waals surface area contributed by atoms with Crippen LogP contribution in [0.3, 0.4) is 0 Å². The SMILES string of the molecule is CCCCCCCCC(=O)NSc1ccc(N2CCCC2)cc1.c1ccc([S+](c2ccccc2)c2ccccc2)cc1. The van der Waals surface area contributed by atoms with E-state index in [1.54, 1.807) is 0 Å². The van der Waals surface area contributed by atoms with E-state index in [0.29, 0.717) is 6.42 Å². The zero-order chi connectivity index (χ0) is 29.2. The molecule has 0 radical (unpaired) electrons. The van der Waals surface area contributed by atoms with E-state index in [-0.39, 0.29) is 16.8 Å². The van der Waals surface area contributed by atoms with Crippen molar-refractivity contribution in [1.82, 2.24) is 4.72 Å². The van der Waals surface area contributed by atoms with E-state index in [1.165, 1.54) is 90.4 Å². The number of carbonyl (C=O) groups excluding carboxylic acids is 1. The first-order chi connectivity index (χ1) is 20.7. The maximum Gasteiger partial charge on any atom is 0.230 e. The van der Waals surface area contributed by atoms with Crippen LogP contribution in [0.2, 0.25) is 0 Å². The molecule has 0 bridgehead atoms. The summed E-state index contributed by atoms with van der Waals surface area (Å²) in [5.74, 6) is 0.147. The van der Waals surface area contributed by atoms with Gasteiger partial charge in [0.2, 0.25) is 5.91 Å². The van der Waals surface area contributed by atoms with Crippen molar-refractivity contribution in [3.8, 4) is 0 Å². The van der Waals surface area contributed by atoms with E-state index in [2.05, 4.69) is 132 Å². The molecule has 1 amide bonds. The van der Waals surface area contributed by atoms with E-state index in [4.69, 9.17) is 0 Å². The molecule has 1 aliphatic heterocycles. The first-order valence-corrected chi connectivity index (χ1v) is 17.5. The third-order valence-electron chi connectivity index (χ3n) is 7.28. The van der Waals surface area contributed by atoms with Crippen molar-refractivity contribution in [2.45, 2.75) is 84.3 Å². The van der Waals surface area contributed by atoms with Crippen molar-refractivity contribution in [3.05, 3.63) is 115 Å². The van der Waals surface area contributed by atoms with Crippen LogP contribution in [0, 0.1) is 0 Å². The standard InChI is InChI=1S/C19H30N2OS.C18H15S/c1-2-3-4-5-6-7-10-19(22)20-23-18-13-11-17(12-14-18)21-15-8-9-16-21;1-4-10-16(11-5-1)19(17-12-6-2-7-13-17)18-14-8-3-9-15-18/h11-14H,2-10,15-16H2,1H3,(H,20,22);1-15H/q;+1. The van der Waals surface area contributed by atoms with Crippen LogP contribution in [-0.2, 0) is 15.7 Å². The molecule has 1 N–H and O–H groups in total. The molecule has 4 aromatic rings. The van der Waals surface area contributed by atoms with Crippen molar-refractivity contribution in [2.24, 2.45) is 0 Å². The Balaban J connectivity index is 0.000000196. The third-order valence-corrected chi connectivity index (χ3v) is 10.4. The Morgan fingerprint density at radius 2 is 1.14 bits per heavy atom. The lowest BCUT2D eigenvalue weighted by Crippen LogP contribution is -2.17. The summed E-state index contributed by atoms with van der Waals surface area (Å²) >= 11 is 1.43. The number of amides is 1. The minimum Gasteiger partial charge on any atom is -0.372 e. The fourth-order valence-electron chi connectivity index (χ4n) is 5.01. The molecule has 0 spiro atoms. The minimum absolute atomic E-state index is 0.0146. The summed E-state index contributed by atoms with van der Waals surface area (Å²) in [6.45, 7) is 4.56. The van der Waals surface area contributed by atoms with E-state index < -0.39 is 0 Å². The lowest BCUT2D eigenvalue weighted by atomic mass is 10.1. The number of nitrogens with one attached hydrogen (secondary N) is 1. The van der Waals surface area contributed by atoms with Gasteiger partial charge in [-0.25, -0.2) is 0 Å². The molecule has 4 aromatic carbocycles. The number of anilines is 1. The van der Waals surface area contributed by atoms with Gasteiger partial charge in [-0.2, -0.15) is 0 Å². The van der Waals surface area contributed by atoms with Gasteiger partial charge in [0.15, 0.2) is 14.7 Å². The molecule has 5 heteroatoms. The third kappa shape index (κ3) is 10.6. The maximum atomic E-state index is 11.8. The Morgan fingerprint density at radius 3 is 1.64 bits per heavy atom. The number of benzene rings is 4. The quantitative estimate of drug-likeness (QED) is 0.0946. The molecule has 0 aliphatic carbocycles. The van der Waals surface area contributed by atoms with Crippen LogP contribution >= 0.6 is 11.9 Å². The molecule has 220 valence electrons. The Kier molecular flexibility index (Phi) is 13.9. The van der Waals surface area contributed by atoms with E-state index in [9.17, 15) is 4.79 Å². The molecule has 0 unspecified atom stereocenters. The smallest absolute Gasteiger partial charge is 0.230 e. The molecule has 0 atom stereocenters. The second-order valence-electron chi connectivity index (χ2n) is 10.6. The van der Waals surface area contributed by atoms with Gasteiger partial charge in [-0.05, 0) is 91.9 Å². The summed E-state index contributed by atoms with van der Waals surface area (Å²) in [7, 11) is -0.0146. The number of rotatable bonds is 13. The maximum absolute atomic E-state index is 11.8. The summed E-state index contributed by atoms with van der Waals surface area (Å²) in [6, 6.07) is 40.7. The lowest BCUT2D eigenvalue weighted by Gasteiger charge is -2.17. The fourth-order valence-corrected chi connectivity index (χ4v) is 7.72. The molecule has 1 saturated heterocycles. The summed E-state index contributed by atoms with van der Waals surface area (Å²) in [4.78, 5) is 19.4. The van der Waals surface area contributed by atoms with Crippen molar-refractivity contribution in [1.29, 1.82) is 0 Å². The number of unbranched alkanes of at least 4 members (excludes halogenated alkanes) is 5. The highest BCUT2D eigenvalue weighted by Crippen LogP contribution is 2.30. The monoisotopic (exact) mass is 597 g/mol. The van der Waals surface area contributed by atoms with Crippen LogP contribution in [-0.4, -0.2) is 19.0 Å². The van der Waals surface area contributed by atoms with Crippen LogP contribution in [0.4, 0.5) is 5.69 Å². The molecule has 0 saturated carbocycles. The summed E-state index contributed by atoms with van der Waals surface area (Å²) in [6.07, 6.45) is 10.6. The number of nitrogens with zero attached hydrogens (tertiary/aromatic N) is 1. The average Bonchev–Trinajstić information content (AvgIpc) is 3.59. The van der Waals surface area contributed by atoms with Crippen LogP contribution < -0.4 is 9.62 Å². The number of hydrogen-bond donors (Lipinski definition) is 1. The zero-order valence-electron chi connectivity index (χ0n) is 24.9. The van der Waals surface area contributed by atoms with Gasteiger partial charge in [0.1, 0.15) is 0 Å². The number of carbonyl (C=O) groups is 1. The molecule has 0 aromatic heterocycles. The largest absolute Gasteiger partial charge is 0.372 e. The van der Waals surface area contributed by atoms with Crippen molar-refractivity contribution >= 4 is 34.4 Å². The summed E-state index contributed by atoms with van der Waals surface area (Å²) in [5.41, 5.74) is 1.30. The fraction of sp³-hybridized carbons (Fsp3) is 0.324. The molecular formula is C37H45N2OS2+. The molecule has 42 heavy (non-hydrogen) atoms. The Hall–Kier alpha value is -3.15. The minimum atomic E-state index is -0.0146. The van der Waals surface area contributed by atoms with Crippen molar-refractivity contribution in [2.75, 3.05) is 18.0 Å². The van der Waals surface area contributed by atoms with E-state index >= 15 is 0 Å². The Bertz CT molecular complexity index is 1180. The van der Waals surface area contributed by atoms with Gasteiger partial charge in [-0.15, -0.1) is 0 Å². The van der Waals surface area contributed by atoms with Crippen molar-refractivity contribution < 1.29 is 4.79 Å². The first-order valence-electron chi connectivity index (χ1n) is 15.4. The lowest BCUT2D eigenvalue weighted by molar-refractivity contribution is -0.119. The van der Waals surface area contributed by atoms with Crippen molar-refractivity contribution in [3.63, 3.8) is 0 Å². The molecule has 1 aliphatic rings. The molecular weight excluding hydrogens is 553 g/mol. The Labute approximate surface area is 260 Å². The second-order valence-corrected chi connectivity index (χ2v) is 13.5. The van der Waals surface area contributed by atoms with Gasteiger partial charge in [0.05, 0.1) is 10.9 Å². The summed E-state index contributed by atoms with van der Waals surface area (Å²) < 4.78 is 2.95. The van der Waals surface area contributed by atoms with Gasteiger partial charge in [-0.3, -0.25) is 9.52 Å². The first kappa shape index (κ1) is 31.8. The average molecular weight is 598 g/mol. The zero-order valence-corrected chi connectivity index (χ0v) is 26.6. The Morgan fingerprint density at radius 1 is 0.667 bits per heavy atom. The molecule has 1 heterocycles. The predicted octanol–water partition coefficient (Wildman–Crippen LogP) is 9.94. The normalized spacial score (nSPS) is 12.6. The highest BCUT2D eigenvalue weighted by molar-refractivity contribution is 7.98. The van der Waals surface area contributed by atoms with Gasteiger partial charge in [0, 0.05) is 30.1 Å². The van der Waals surface area contributed by atoms with Gasteiger partial charge in [0.25, 0.3) is 0 Å². The van der Waals surface area contributed by atoms with E-state index in [0.717, 1.165) is 11.3 Å². The second kappa shape index (κ2) is 18.4. The van der Waals surface area contributed by atoms with Crippen LogP contribution in [0.25, 0.3) is 0 Å². The van der Waals surface area contributed by atoms with Crippen LogP contribution in [0.1, 0.15) is 64.7 Å². The van der Waals surface area contributed by atoms with Crippen LogP contribution in [0.5, 0.6) is 0 Å². The highest BCUT2D eigenvalue weighted by atomic mass is 32.2. The van der Waals surface area contributed by atoms with E-state index in [1.807, 2.05) is 0 Å². The van der Waals surface area contributed by atoms with Crippen LogP contribution in [0.15, 0.2) is 135 Å². The molecule has 5 rings (SSSR count). The summed E-state index contributed by atoms with van der Waals surface area (Å²) in [5, 5.41) is 0. The van der Waals surface area contributed by atoms with Gasteiger partial charge >= 0.3 is 0 Å². The highest BCUT2D eigenvalue weighted by Gasteiger charge is 2.27. The number of hydrogen-bond acceptors (Lipinski definition) is 3. The molecule has 1 fully saturated rings. The van der Waals surface area contributed by atoms with Gasteiger partial charge in [-0.1, -0.05) is 93.6 Å². The molecule has 3 nitrogen and oxygen atoms in total. The van der Waals surface area contributed by atoms with Gasteiger partial charge < -0.3 is 4.90 Å².